The molecule has 134 valence electrons. The second-order valence-corrected chi connectivity index (χ2v) is 8.63. The lowest BCUT2D eigenvalue weighted by molar-refractivity contribution is -0.152. The summed E-state index contributed by atoms with van der Waals surface area (Å²) in [6.45, 7) is 8.26. The first kappa shape index (κ1) is 16.8. The monoisotopic (exact) mass is 340 g/mol. The van der Waals surface area contributed by atoms with E-state index in [4.69, 9.17) is 0 Å². The predicted octanol–water partition coefficient (Wildman–Crippen LogP) is 2.73. The van der Waals surface area contributed by atoms with Crippen LogP contribution in [0, 0.1) is 16.7 Å². The topological polar surface area (TPSA) is 40.6 Å². The standard InChI is InChI=1S/C21H28N2O2/c1-20(2)17-8-9-21(14-17,18(20)24)19(25)23-12-10-22(11-13-23)15-16-6-4-3-5-7-16/h3-7,17H,8-15H2,1-2H3. The van der Waals surface area contributed by atoms with Crippen molar-refractivity contribution in [3.63, 3.8) is 0 Å². The van der Waals surface area contributed by atoms with Gasteiger partial charge in [0.2, 0.25) is 5.91 Å². The van der Waals surface area contributed by atoms with Gasteiger partial charge in [-0.05, 0) is 30.7 Å². The van der Waals surface area contributed by atoms with E-state index in [2.05, 4.69) is 29.2 Å². The molecule has 1 aliphatic heterocycles. The number of Topliss-reactive ketones (excluding diaryl/α,β-unsaturated/α-hetero) is 1. The van der Waals surface area contributed by atoms with Gasteiger partial charge in [-0.1, -0.05) is 44.2 Å². The van der Waals surface area contributed by atoms with E-state index in [0.717, 1.165) is 52.0 Å². The van der Waals surface area contributed by atoms with E-state index in [1.807, 2.05) is 24.8 Å². The van der Waals surface area contributed by atoms with Crippen molar-refractivity contribution in [2.24, 2.45) is 16.7 Å². The third-order valence-corrected chi connectivity index (χ3v) is 6.87. The molecule has 0 N–H and O–H groups in total. The summed E-state index contributed by atoms with van der Waals surface area (Å²) in [6, 6.07) is 10.5. The van der Waals surface area contributed by atoms with Gasteiger partial charge < -0.3 is 4.90 Å². The van der Waals surface area contributed by atoms with Gasteiger partial charge in [0.05, 0.1) is 0 Å². The fourth-order valence-electron chi connectivity index (χ4n) is 5.21. The summed E-state index contributed by atoms with van der Waals surface area (Å²) in [5.74, 6) is 0.709. The first-order valence-electron chi connectivity index (χ1n) is 9.54. The summed E-state index contributed by atoms with van der Waals surface area (Å²) >= 11 is 0. The van der Waals surface area contributed by atoms with Crippen molar-refractivity contribution in [3.8, 4) is 0 Å². The van der Waals surface area contributed by atoms with Crippen LogP contribution in [0.2, 0.25) is 0 Å². The molecule has 25 heavy (non-hydrogen) atoms. The number of fused-ring (bicyclic) bond motifs is 2. The number of hydrogen-bond donors (Lipinski definition) is 0. The van der Waals surface area contributed by atoms with Crippen LogP contribution in [-0.2, 0) is 16.1 Å². The zero-order chi connectivity index (χ0) is 17.7. The first-order valence-corrected chi connectivity index (χ1v) is 9.54. The maximum atomic E-state index is 13.2. The van der Waals surface area contributed by atoms with Gasteiger partial charge in [-0.3, -0.25) is 14.5 Å². The molecule has 4 nitrogen and oxygen atoms in total. The van der Waals surface area contributed by atoms with Crippen molar-refractivity contribution in [2.45, 2.75) is 39.7 Å². The Bertz CT molecular complexity index is 676. The molecule has 4 heteroatoms. The van der Waals surface area contributed by atoms with Crippen LogP contribution in [0.5, 0.6) is 0 Å². The van der Waals surface area contributed by atoms with E-state index in [1.54, 1.807) is 0 Å². The van der Waals surface area contributed by atoms with Gasteiger partial charge in [-0.15, -0.1) is 0 Å². The number of amides is 1. The average Bonchev–Trinajstić information content (AvgIpc) is 3.15. The summed E-state index contributed by atoms with van der Waals surface area (Å²) in [7, 11) is 0. The molecule has 2 bridgehead atoms. The fraction of sp³-hybridized carbons (Fsp3) is 0.619. The molecule has 2 atom stereocenters. The Balaban J connectivity index is 1.40. The van der Waals surface area contributed by atoms with Crippen molar-refractivity contribution < 1.29 is 9.59 Å². The molecule has 1 aromatic rings. The van der Waals surface area contributed by atoms with E-state index in [0.29, 0.717) is 5.92 Å². The number of rotatable bonds is 3. The molecular formula is C21H28N2O2. The first-order chi connectivity index (χ1) is 11.9. The molecule has 0 spiro atoms. The van der Waals surface area contributed by atoms with E-state index in [-0.39, 0.29) is 17.1 Å². The zero-order valence-electron chi connectivity index (χ0n) is 15.3. The molecule has 2 aliphatic carbocycles. The number of nitrogens with zero attached hydrogens (tertiary/aromatic N) is 2. The molecule has 3 aliphatic rings. The number of hydrogen-bond acceptors (Lipinski definition) is 3. The van der Waals surface area contributed by atoms with Crippen LogP contribution in [0.25, 0.3) is 0 Å². The molecule has 1 saturated heterocycles. The predicted molar refractivity (Wildman–Crippen MR) is 96.9 cm³/mol. The number of carbonyl (C=O) groups excluding carboxylic acids is 2. The van der Waals surface area contributed by atoms with Crippen molar-refractivity contribution in [2.75, 3.05) is 26.2 Å². The molecular weight excluding hydrogens is 312 g/mol. The van der Waals surface area contributed by atoms with Gasteiger partial charge >= 0.3 is 0 Å². The van der Waals surface area contributed by atoms with Crippen molar-refractivity contribution in [3.05, 3.63) is 35.9 Å². The fourth-order valence-corrected chi connectivity index (χ4v) is 5.21. The Morgan fingerprint density at radius 3 is 2.40 bits per heavy atom. The van der Waals surface area contributed by atoms with Gasteiger partial charge in [0.25, 0.3) is 0 Å². The van der Waals surface area contributed by atoms with Gasteiger partial charge in [0.15, 0.2) is 5.78 Å². The Labute approximate surface area is 150 Å². The second-order valence-electron chi connectivity index (χ2n) is 8.63. The molecule has 1 heterocycles. The van der Waals surface area contributed by atoms with Crippen molar-refractivity contribution in [1.29, 1.82) is 0 Å². The van der Waals surface area contributed by atoms with Crippen molar-refractivity contribution in [1.82, 2.24) is 9.80 Å². The Hall–Kier alpha value is -1.68. The third-order valence-electron chi connectivity index (χ3n) is 6.87. The minimum absolute atomic E-state index is 0.116. The molecule has 2 saturated carbocycles. The summed E-state index contributed by atoms with van der Waals surface area (Å²) in [6.07, 6.45) is 2.57. The highest BCUT2D eigenvalue weighted by molar-refractivity contribution is 6.10. The minimum Gasteiger partial charge on any atom is -0.339 e. The maximum Gasteiger partial charge on any atom is 0.236 e. The molecule has 2 unspecified atom stereocenters. The lowest BCUT2D eigenvalue weighted by atomic mass is 9.70. The Morgan fingerprint density at radius 1 is 1.12 bits per heavy atom. The van der Waals surface area contributed by atoms with Crippen molar-refractivity contribution >= 4 is 11.7 Å². The average molecular weight is 340 g/mol. The molecule has 3 fully saturated rings. The van der Waals surface area contributed by atoms with Gasteiger partial charge in [-0.25, -0.2) is 0 Å². The van der Waals surface area contributed by atoms with Gasteiger partial charge in [-0.2, -0.15) is 0 Å². The van der Waals surface area contributed by atoms with Gasteiger partial charge in [0.1, 0.15) is 5.41 Å². The van der Waals surface area contributed by atoms with E-state index < -0.39 is 5.41 Å². The highest BCUT2D eigenvalue weighted by Crippen LogP contribution is 2.60. The number of ketones is 1. The molecule has 1 amide bonds. The minimum atomic E-state index is -0.699. The van der Waals surface area contributed by atoms with Crippen LogP contribution in [0.3, 0.4) is 0 Å². The number of benzene rings is 1. The van der Waals surface area contributed by atoms with Gasteiger partial charge in [0, 0.05) is 38.1 Å². The van der Waals surface area contributed by atoms with E-state index in [1.165, 1.54) is 5.56 Å². The summed E-state index contributed by atoms with van der Waals surface area (Å²) < 4.78 is 0. The smallest absolute Gasteiger partial charge is 0.236 e. The van der Waals surface area contributed by atoms with Crippen LogP contribution in [0.15, 0.2) is 30.3 Å². The summed E-state index contributed by atoms with van der Waals surface area (Å²) in [4.78, 5) is 30.5. The number of carbonyl (C=O) groups is 2. The molecule has 1 aromatic carbocycles. The lowest BCUT2D eigenvalue weighted by Crippen LogP contribution is -2.55. The summed E-state index contributed by atoms with van der Waals surface area (Å²) in [5, 5.41) is 0. The van der Waals surface area contributed by atoms with Crippen LogP contribution in [0.1, 0.15) is 38.7 Å². The second kappa shape index (κ2) is 5.94. The summed E-state index contributed by atoms with van der Waals surface area (Å²) in [5.41, 5.74) is 0.297. The molecule has 0 radical (unpaired) electrons. The Morgan fingerprint density at radius 2 is 1.80 bits per heavy atom. The van der Waals surface area contributed by atoms with E-state index >= 15 is 0 Å². The zero-order valence-corrected chi connectivity index (χ0v) is 15.3. The number of piperazine rings is 1. The van der Waals surface area contributed by atoms with Crippen LogP contribution < -0.4 is 0 Å². The SMILES string of the molecule is CC1(C)C(=O)C2(C(=O)N3CCN(Cc4ccccc4)CC3)CCC1C2. The quantitative estimate of drug-likeness (QED) is 0.795. The lowest BCUT2D eigenvalue weighted by Gasteiger charge is -2.40. The normalized spacial score (nSPS) is 31.5. The Kier molecular flexibility index (Phi) is 3.99. The molecule has 4 rings (SSSR count). The molecule has 0 aromatic heterocycles. The van der Waals surface area contributed by atoms with Crippen LogP contribution in [-0.4, -0.2) is 47.7 Å². The third kappa shape index (κ3) is 2.62. The van der Waals surface area contributed by atoms with Crippen LogP contribution in [0.4, 0.5) is 0 Å². The highest BCUT2D eigenvalue weighted by atomic mass is 16.2. The largest absolute Gasteiger partial charge is 0.339 e. The highest BCUT2D eigenvalue weighted by Gasteiger charge is 2.65. The maximum absolute atomic E-state index is 13.2. The van der Waals surface area contributed by atoms with Crippen LogP contribution >= 0.6 is 0 Å². The van der Waals surface area contributed by atoms with E-state index in [9.17, 15) is 9.59 Å².